The first-order chi connectivity index (χ1) is 12.1. The Hall–Kier alpha value is -3.21. The molecule has 25 heavy (non-hydrogen) atoms. The van der Waals surface area contributed by atoms with Crippen molar-refractivity contribution in [1.29, 1.82) is 0 Å². The average molecular weight is 333 g/mol. The van der Waals surface area contributed by atoms with Crippen LogP contribution in [-0.4, -0.2) is 15.9 Å². The van der Waals surface area contributed by atoms with Gasteiger partial charge in [0.15, 0.2) is 0 Å². The summed E-state index contributed by atoms with van der Waals surface area (Å²) in [5, 5.41) is 2.87. The number of ether oxygens (including phenoxy) is 1. The third-order valence-electron chi connectivity index (χ3n) is 3.52. The number of aromatic nitrogens is 2. The zero-order valence-electron chi connectivity index (χ0n) is 14.2. The second-order valence-electron chi connectivity index (χ2n) is 5.77. The van der Waals surface area contributed by atoms with E-state index < -0.39 is 0 Å². The van der Waals surface area contributed by atoms with Gasteiger partial charge < -0.3 is 10.1 Å². The summed E-state index contributed by atoms with van der Waals surface area (Å²) in [4.78, 5) is 20.6. The summed E-state index contributed by atoms with van der Waals surface area (Å²) in [7, 11) is 0. The van der Waals surface area contributed by atoms with Crippen LogP contribution in [-0.2, 0) is 11.2 Å². The maximum atomic E-state index is 12.1. The summed E-state index contributed by atoms with van der Waals surface area (Å²) < 4.78 is 5.66. The predicted molar refractivity (Wildman–Crippen MR) is 96.8 cm³/mol. The fraction of sp³-hybridized carbons (Fsp3) is 0.150. The van der Waals surface area contributed by atoms with Crippen LogP contribution >= 0.6 is 0 Å². The van der Waals surface area contributed by atoms with E-state index in [1.54, 1.807) is 24.3 Å². The third kappa shape index (κ3) is 4.88. The van der Waals surface area contributed by atoms with Crippen molar-refractivity contribution in [2.24, 2.45) is 0 Å². The molecule has 0 aliphatic rings. The van der Waals surface area contributed by atoms with Crippen LogP contribution in [0.3, 0.4) is 0 Å². The van der Waals surface area contributed by atoms with Crippen molar-refractivity contribution in [3.05, 3.63) is 77.6 Å². The second-order valence-corrected chi connectivity index (χ2v) is 5.77. The number of rotatable bonds is 5. The molecule has 0 unspecified atom stereocenters. The highest BCUT2D eigenvalue weighted by Crippen LogP contribution is 2.21. The van der Waals surface area contributed by atoms with E-state index in [0.29, 0.717) is 18.2 Å². The van der Waals surface area contributed by atoms with Gasteiger partial charge in [0.1, 0.15) is 5.75 Å². The highest BCUT2D eigenvalue weighted by molar-refractivity contribution is 5.92. The molecule has 5 nitrogen and oxygen atoms in total. The van der Waals surface area contributed by atoms with Gasteiger partial charge in [-0.05, 0) is 49.7 Å². The number of nitrogens with one attached hydrogen (secondary N) is 1. The van der Waals surface area contributed by atoms with Gasteiger partial charge in [0.2, 0.25) is 5.91 Å². The van der Waals surface area contributed by atoms with Crippen LogP contribution in [0.4, 0.5) is 5.69 Å². The van der Waals surface area contributed by atoms with Crippen molar-refractivity contribution in [3.63, 3.8) is 0 Å². The van der Waals surface area contributed by atoms with Crippen LogP contribution in [0, 0.1) is 13.8 Å². The lowest BCUT2D eigenvalue weighted by molar-refractivity contribution is -0.115. The molecule has 3 aromatic rings. The van der Waals surface area contributed by atoms with Gasteiger partial charge in [-0.3, -0.25) is 4.79 Å². The topological polar surface area (TPSA) is 64.1 Å². The Bertz CT molecular complexity index is 842. The van der Waals surface area contributed by atoms with E-state index in [1.165, 1.54) is 0 Å². The lowest BCUT2D eigenvalue weighted by atomic mass is 10.1. The molecule has 0 fully saturated rings. The molecule has 1 amide bonds. The largest absolute Gasteiger partial charge is 0.424 e. The molecule has 0 spiro atoms. The number of amides is 1. The fourth-order valence-corrected chi connectivity index (χ4v) is 2.44. The summed E-state index contributed by atoms with van der Waals surface area (Å²) >= 11 is 0. The lowest BCUT2D eigenvalue weighted by Gasteiger charge is -2.08. The minimum atomic E-state index is -0.0579. The standard InChI is InChI=1S/C20H19N3O2/c1-14-12-15(2)22-20(21-14)25-18-10-8-17(9-11-18)23-19(24)13-16-6-4-3-5-7-16/h3-12H,13H2,1-2H3,(H,23,24). The molecule has 3 rings (SSSR count). The smallest absolute Gasteiger partial charge is 0.322 e. The van der Waals surface area contributed by atoms with Gasteiger partial charge in [-0.2, -0.15) is 0 Å². The molecule has 1 aromatic heterocycles. The SMILES string of the molecule is Cc1cc(C)nc(Oc2ccc(NC(=O)Cc3ccccc3)cc2)n1. The van der Waals surface area contributed by atoms with E-state index >= 15 is 0 Å². The summed E-state index contributed by atoms with van der Waals surface area (Å²) in [6.07, 6.45) is 0.343. The number of nitrogens with zero attached hydrogens (tertiary/aromatic N) is 2. The lowest BCUT2D eigenvalue weighted by Crippen LogP contribution is -2.14. The molecule has 0 saturated heterocycles. The molecule has 5 heteroatoms. The van der Waals surface area contributed by atoms with E-state index in [9.17, 15) is 4.79 Å². The van der Waals surface area contributed by atoms with Gasteiger partial charge >= 0.3 is 6.01 Å². The minimum absolute atomic E-state index is 0.0579. The molecule has 126 valence electrons. The van der Waals surface area contributed by atoms with Crippen molar-refractivity contribution in [2.75, 3.05) is 5.32 Å². The van der Waals surface area contributed by atoms with E-state index in [1.807, 2.05) is 50.2 Å². The Morgan fingerprint density at radius 2 is 1.60 bits per heavy atom. The van der Waals surface area contributed by atoms with E-state index in [4.69, 9.17) is 4.74 Å². The normalized spacial score (nSPS) is 10.3. The molecular weight excluding hydrogens is 314 g/mol. The Morgan fingerprint density at radius 1 is 0.960 bits per heavy atom. The van der Waals surface area contributed by atoms with Gasteiger partial charge in [-0.1, -0.05) is 30.3 Å². The molecule has 1 heterocycles. The van der Waals surface area contributed by atoms with Crippen LogP contribution in [0.2, 0.25) is 0 Å². The molecule has 0 saturated carbocycles. The fourth-order valence-electron chi connectivity index (χ4n) is 2.44. The maximum Gasteiger partial charge on any atom is 0.322 e. The number of hydrogen-bond donors (Lipinski definition) is 1. The molecule has 0 bridgehead atoms. The van der Waals surface area contributed by atoms with Crippen LogP contribution in [0.1, 0.15) is 17.0 Å². The highest BCUT2D eigenvalue weighted by atomic mass is 16.5. The second kappa shape index (κ2) is 7.57. The first-order valence-electron chi connectivity index (χ1n) is 8.02. The molecule has 0 atom stereocenters. The zero-order valence-corrected chi connectivity index (χ0v) is 14.2. The van der Waals surface area contributed by atoms with E-state index in [0.717, 1.165) is 22.6 Å². The minimum Gasteiger partial charge on any atom is -0.424 e. The number of aryl methyl sites for hydroxylation is 2. The van der Waals surface area contributed by atoms with Gasteiger partial charge in [-0.15, -0.1) is 0 Å². The van der Waals surface area contributed by atoms with Crippen LogP contribution in [0.5, 0.6) is 11.8 Å². The summed E-state index contributed by atoms with van der Waals surface area (Å²) in [6.45, 7) is 3.79. The number of carbonyl (C=O) groups is 1. The van der Waals surface area contributed by atoms with Gasteiger partial charge in [0.05, 0.1) is 6.42 Å². The Balaban J connectivity index is 1.61. The van der Waals surface area contributed by atoms with E-state index in [2.05, 4.69) is 15.3 Å². The first kappa shape index (κ1) is 16.6. The summed E-state index contributed by atoms with van der Waals surface area (Å²) in [5.41, 5.74) is 3.40. The molecular formula is C20H19N3O2. The molecule has 2 aromatic carbocycles. The number of anilines is 1. The van der Waals surface area contributed by atoms with Crippen molar-refractivity contribution < 1.29 is 9.53 Å². The zero-order chi connectivity index (χ0) is 17.6. The van der Waals surface area contributed by atoms with Gasteiger partial charge in [-0.25, -0.2) is 9.97 Å². The summed E-state index contributed by atoms with van der Waals surface area (Å²) in [5.74, 6) is 0.559. The van der Waals surface area contributed by atoms with Crippen molar-refractivity contribution >= 4 is 11.6 Å². The van der Waals surface area contributed by atoms with E-state index in [-0.39, 0.29) is 5.91 Å². The van der Waals surface area contributed by atoms with Crippen molar-refractivity contribution in [1.82, 2.24) is 9.97 Å². The Morgan fingerprint density at radius 3 is 2.24 bits per heavy atom. The van der Waals surface area contributed by atoms with Crippen LogP contribution in [0.25, 0.3) is 0 Å². The molecule has 1 N–H and O–H groups in total. The average Bonchev–Trinajstić information content (AvgIpc) is 2.56. The quantitative estimate of drug-likeness (QED) is 0.764. The van der Waals surface area contributed by atoms with Crippen LogP contribution < -0.4 is 10.1 Å². The van der Waals surface area contributed by atoms with Crippen LogP contribution in [0.15, 0.2) is 60.7 Å². The van der Waals surface area contributed by atoms with Gasteiger partial charge in [0.25, 0.3) is 0 Å². The van der Waals surface area contributed by atoms with Crippen molar-refractivity contribution in [2.45, 2.75) is 20.3 Å². The first-order valence-corrected chi connectivity index (χ1v) is 8.02. The van der Waals surface area contributed by atoms with Crippen molar-refractivity contribution in [3.8, 4) is 11.8 Å². The maximum absolute atomic E-state index is 12.1. The Labute approximate surface area is 146 Å². The molecule has 0 radical (unpaired) electrons. The molecule has 0 aliphatic heterocycles. The summed E-state index contributed by atoms with van der Waals surface area (Å²) in [6, 6.07) is 19.0. The van der Waals surface area contributed by atoms with Gasteiger partial charge in [0, 0.05) is 17.1 Å². The Kier molecular flexibility index (Phi) is 5.04. The number of hydrogen-bond acceptors (Lipinski definition) is 4. The molecule has 0 aliphatic carbocycles. The third-order valence-corrected chi connectivity index (χ3v) is 3.52. The number of carbonyl (C=O) groups excluding carboxylic acids is 1. The monoisotopic (exact) mass is 333 g/mol. The highest BCUT2D eigenvalue weighted by Gasteiger charge is 2.06. The number of benzene rings is 2. The predicted octanol–water partition coefficient (Wildman–Crippen LogP) is 4.07.